The molecule has 1 N–H and O–H groups in total. The lowest BCUT2D eigenvalue weighted by Gasteiger charge is -1.99. The first-order valence-electron chi connectivity index (χ1n) is 3.97. The Morgan fingerprint density at radius 3 is 3.18 bits per heavy atom. The molecule has 58 valence electrons. The van der Waals surface area contributed by atoms with Crippen LogP contribution in [-0.2, 0) is 19.4 Å². The highest BCUT2D eigenvalue weighted by molar-refractivity contribution is 5.28. The lowest BCUT2D eigenvalue weighted by Crippen LogP contribution is -1.91. The fraction of sp³-hybridized carbons (Fsp3) is 0.444. The molecule has 0 amide bonds. The molecule has 0 spiro atoms. The van der Waals surface area contributed by atoms with Crippen LogP contribution >= 0.6 is 0 Å². The lowest BCUT2D eigenvalue weighted by atomic mass is 10.2. The molecule has 0 fully saturated rings. The van der Waals surface area contributed by atoms with Gasteiger partial charge in [-0.1, -0.05) is 6.07 Å². The van der Waals surface area contributed by atoms with E-state index in [0.29, 0.717) is 0 Å². The van der Waals surface area contributed by atoms with Crippen molar-refractivity contribution in [2.45, 2.75) is 25.9 Å². The first kappa shape index (κ1) is 6.80. The SMILES string of the molecule is OCc1cnc2c(c1)CCC2. The number of aliphatic hydroxyl groups excluding tert-OH is 1. The van der Waals surface area contributed by atoms with E-state index in [9.17, 15) is 0 Å². The Hall–Kier alpha value is -0.890. The number of rotatable bonds is 1. The zero-order chi connectivity index (χ0) is 7.68. The summed E-state index contributed by atoms with van der Waals surface area (Å²) >= 11 is 0. The zero-order valence-electron chi connectivity index (χ0n) is 6.38. The van der Waals surface area contributed by atoms with Crippen LogP contribution in [-0.4, -0.2) is 10.1 Å². The molecule has 1 aromatic heterocycles. The van der Waals surface area contributed by atoms with Crippen molar-refractivity contribution in [3.8, 4) is 0 Å². The van der Waals surface area contributed by atoms with Crippen LogP contribution in [0.4, 0.5) is 0 Å². The highest BCUT2D eigenvalue weighted by atomic mass is 16.3. The van der Waals surface area contributed by atoms with Gasteiger partial charge in [-0.05, 0) is 30.4 Å². The molecule has 0 radical (unpaired) electrons. The van der Waals surface area contributed by atoms with E-state index in [2.05, 4.69) is 11.1 Å². The Labute approximate surface area is 65.9 Å². The predicted molar refractivity (Wildman–Crippen MR) is 42.2 cm³/mol. The third-order valence-corrected chi connectivity index (χ3v) is 2.16. The molecule has 0 aliphatic heterocycles. The molecule has 1 heterocycles. The third kappa shape index (κ3) is 1.14. The third-order valence-electron chi connectivity index (χ3n) is 2.16. The van der Waals surface area contributed by atoms with E-state index in [1.165, 1.54) is 17.7 Å². The fourth-order valence-corrected chi connectivity index (χ4v) is 1.56. The van der Waals surface area contributed by atoms with Gasteiger partial charge in [0.05, 0.1) is 6.61 Å². The van der Waals surface area contributed by atoms with Crippen molar-refractivity contribution < 1.29 is 5.11 Å². The quantitative estimate of drug-likeness (QED) is 0.647. The van der Waals surface area contributed by atoms with Gasteiger partial charge in [0.2, 0.25) is 0 Å². The van der Waals surface area contributed by atoms with Crippen molar-refractivity contribution in [3.63, 3.8) is 0 Å². The van der Waals surface area contributed by atoms with E-state index in [1.54, 1.807) is 6.20 Å². The minimum absolute atomic E-state index is 0.111. The highest BCUT2D eigenvalue weighted by Gasteiger charge is 2.11. The second-order valence-corrected chi connectivity index (χ2v) is 2.96. The van der Waals surface area contributed by atoms with Gasteiger partial charge in [0.15, 0.2) is 0 Å². The summed E-state index contributed by atoms with van der Waals surface area (Å²) in [5.74, 6) is 0. The van der Waals surface area contributed by atoms with Gasteiger partial charge in [0, 0.05) is 11.9 Å². The smallest absolute Gasteiger partial charge is 0.0696 e. The van der Waals surface area contributed by atoms with Crippen LogP contribution in [0, 0.1) is 0 Å². The maximum absolute atomic E-state index is 8.83. The molecule has 0 bridgehead atoms. The molecule has 2 nitrogen and oxygen atoms in total. The van der Waals surface area contributed by atoms with Gasteiger partial charge in [-0.15, -0.1) is 0 Å². The topological polar surface area (TPSA) is 33.1 Å². The van der Waals surface area contributed by atoms with Crippen molar-refractivity contribution in [2.24, 2.45) is 0 Å². The van der Waals surface area contributed by atoms with E-state index in [1.807, 2.05) is 0 Å². The predicted octanol–water partition coefficient (Wildman–Crippen LogP) is 1.06. The van der Waals surface area contributed by atoms with Crippen molar-refractivity contribution in [3.05, 3.63) is 29.1 Å². The maximum Gasteiger partial charge on any atom is 0.0696 e. The van der Waals surface area contributed by atoms with Crippen molar-refractivity contribution >= 4 is 0 Å². The number of hydrogen-bond acceptors (Lipinski definition) is 2. The standard InChI is InChI=1S/C9H11NO/c11-6-7-4-8-2-1-3-9(8)10-5-7/h4-5,11H,1-3,6H2. The minimum atomic E-state index is 0.111. The first-order chi connectivity index (χ1) is 5.40. The number of aliphatic hydroxyl groups is 1. The summed E-state index contributed by atoms with van der Waals surface area (Å²) in [4.78, 5) is 4.27. The molecule has 11 heavy (non-hydrogen) atoms. The molecular formula is C9H11NO. The van der Waals surface area contributed by atoms with Crippen molar-refractivity contribution in [2.75, 3.05) is 0 Å². The summed E-state index contributed by atoms with van der Waals surface area (Å²) in [5, 5.41) is 8.83. The van der Waals surface area contributed by atoms with Gasteiger partial charge in [0.25, 0.3) is 0 Å². The molecule has 1 aliphatic carbocycles. The highest BCUT2D eigenvalue weighted by Crippen LogP contribution is 2.20. The Balaban J connectivity index is 2.41. The average Bonchev–Trinajstić information content (AvgIpc) is 2.50. The largest absolute Gasteiger partial charge is 0.392 e. The van der Waals surface area contributed by atoms with Crippen LogP contribution in [0.25, 0.3) is 0 Å². The van der Waals surface area contributed by atoms with E-state index >= 15 is 0 Å². The molecule has 0 saturated heterocycles. The molecular weight excluding hydrogens is 138 g/mol. The first-order valence-corrected chi connectivity index (χ1v) is 3.97. The molecule has 0 unspecified atom stereocenters. The summed E-state index contributed by atoms with van der Waals surface area (Å²) in [6.45, 7) is 0.111. The Morgan fingerprint density at radius 2 is 2.36 bits per heavy atom. The molecule has 0 atom stereocenters. The van der Waals surface area contributed by atoms with Crippen LogP contribution < -0.4 is 0 Å². The van der Waals surface area contributed by atoms with Gasteiger partial charge < -0.3 is 5.11 Å². The summed E-state index contributed by atoms with van der Waals surface area (Å²) < 4.78 is 0. The van der Waals surface area contributed by atoms with E-state index < -0.39 is 0 Å². The maximum atomic E-state index is 8.83. The van der Waals surface area contributed by atoms with Gasteiger partial charge >= 0.3 is 0 Å². The summed E-state index contributed by atoms with van der Waals surface area (Å²) in [6, 6.07) is 2.06. The van der Waals surface area contributed by atoms with Crippen LogP contribution in [0.5, 0.6) is 0 Å². The van der Waals surface area contributed by atoms with Gasteiger partial charge in [0.1, 0.15) is 0 Å². The molecule has 0 aromatic carbocycles. The lowest BCUT2D eigenvalue weighted by molar-refractivity contribution is 0.281. The Kier molecular flexibility index (Phi) is 1.62. The number of aromatic nitrogens is 1. The number of aryl methyl sites for hydroxylation is 2. The van der Waals surface area contributed by atoms with Crippen LogP contribution in [0.15, 0.2) is 12.3 Å². The molecule has 0 saturated carbocycles. The van der Waals surface area contributed by atoms with Crippen LogP contribution in [0.2, 0.25) is 0 Å². The molecule has 2 rings (SSSR count). The van der Waals surface area contributed by atoms with Crippen molar-refractivity contribution in [1.29, 1.82) is 0 Å². The van der Waals surface area contributed by atoms with Crippen LogP contribution in [0.3, 0.4) is 0 Å². The van der Waals surface area contributed by atoms with E-state index in [0.717, 1.165) is 18.4 Å². The van der Waals surface area contributed by atoms with Gasteiger partial charge in [-0.3, -0.25) is 4.98 Å². The summed E-state index contributed by atoms with van der Waals surface area (Å²) in [5.41, 5.74) is 3.49. The zero-order valence-corrected chi connectivity index (χ0v) is 6.38. The second-order valence-electron chi connectivity index (χ2n) is 2.96. The normalized spacial score (nSPS) is 15.0. The number of nitrogens with zero attached hydrogens (tertiary/aromatic N) is 1. The molecule has 2 heteroatoms. The number of pyridine rings is 1. The minimum Gasteiger partial charge on any atom is -0.392 e. The van der Waals surface area contributed by atoms with Gasteiger partial charge in [-0.25, -0.2) is 0 Å². The van der Waals surface area contributed by atoms with Crippen LogP contribution in [0.1, 0.15) is 23.2 Å². The second kappa shape index (κ2) is 2.62. The average molecular weight is 149 g/mol. The molecule has 1 aromatic rings. The van der Waals surface area contributed by atoms with Gasteiger partial charge in [-0.2, -0.15) is 0 Å². The molecule has 1 aliphatic rings. The van der Waals surface area contributed by atoms with Crippen molar-refractivity contribution in [1.82, 2.24) is 4.98 Å². The number of fused-ring (bicyclic) bond motifs is 1. The van der Waals surface area contributed by atoms with E-state index in [-0.39, 0.29) is 6.61 Å². The Bertz CT molecular complexity index is 270. The monoisotopic (exact) mass is 149 g/mol. The number of hydrogen-bond donors (Lipinski definition) is 1. The summed E-state index contributed by atoms with van der Waals surface area (Å²) in [7, 11) is 0. The fourth-order valence-electron chi connectivity index (χ4n) is 1.56. The van der Waals surface area contributed by atoms with E-state index in [4.69, 9.17) is 5.11 Å². The summed E-state index contributed by atoms with van der Waals surface area (Å²) in [6.07, 6.45) is 5.23. The Morgan fingerprint density at radius 1 is 1.45 bits per heavy atom.